The van der Waals surface area contributed by atoms with Gasteiger partial charge in [-0.1, -0.05) is 0 Å². The van der Waals surface area contributed by atoms with E-state index in [1.54, 1.807) is 25.6 Å². The number of hydrazine groups is 1. The second-order valence-electron chi connectivity index (χ2n) is 1.67. The third kappa shape index (κ3) is 1.36. The standard InChI is InChI=1S/C5H8N4/c1-9(6)5-4-7-2-3-8-5/h2-4H,6H2,1H3. The molecule has 2 N–H and O–H groups in total. The SMILES string of the molecule is CN(N)c1cnccn1. The smallest absolute Gasteiger partial charge is 0.160 e. The topological polar surface area (TPSA) is 55.0 Å². The van der Waals surface area contributed by atoms with Gasteiger partial charge in [0.1, 0.15) is 0 Å². The van der Waals surface area contributed by atoms with Gasteiger partial charge in [0.25, 0.3) is 0 Å². The van der Waals surface area contributed by atoms with Gasteiger partial charge in [0.2, 0.25) is 0 Å². The number of nitrogens with two attached hydrogens (primary N) is 1. The Morgan fingerprint density at radius 2 is 2.33 bits per heavy atom. The minimum Gasteiger partial charge on any atom is -0.297 e. The van der Waals surface area contributed by atoms with Crippen LogP contribution in [0, 0.1) is 0 Å². The summed E-state index contributed by atoms with van der Waals surface area (Å²) in [5, 5.41) is 1.41. The zero-order valence-electron chi connectivity index (χ0n) is 5.15. The Morgan fingerprint density at radius 1 is 1.56 bits per heavy atom. The first kappa shape index (κ1) is 5.97. The van der Waals surface area contributed by atoms with Gasteiger partial charge in [-0.3, -0.25) is 9.99 Å². The van der Waals surface area contributed by atoms with Gasteiger partial charge in [-0.2, -0.15) is 0 Å². The van der Waals surface area contributed by atoms with E-state index in [9.17, 15) is 0 Å². The molecule has 0 aliphatic heterocycles. The van der Waals surface area contributed by atoms with Gasteiger partial charge in [-0.05, 0) is 0 Å². The van der Waals surface area contributed by atoms with Crippen molar-refractivity contribution >= 4 is 5.82 Å². The number of anilines is 1. The lowest BCUT2D eigenvalue weighted by Crippen LogP contribution is -2.25. The fourth-order valence-corrected chi connectivity index (χ4v) is 0.473. The largest absolute Gasteiger partial charge is 0.297 e. The third-order valence-corrected chi connectivity index (χ3v) is 0.911. The van der Waals surface area contributed by atoms with Crippen LogP contribution in [0.5, 0.6) is 0 Å². The van der Waals surface area contributed by atoms with Crippen molar-refractivity contribution in [2.45, 2.75) is 0 Å². The van der Waals surface area contributed by atoms with Crippen molar-refractivity contribution in [2.24, 2.45) is 5.84 Å². The molecule has 4 nitrogen and oxygen atoms in total. The van der Waals surface area contributed by atoms with Crippen LogP contribution in [-0.4, -0.2) is 17.0 Å². The van der Waals surface area contributed by atoms with E-state index >= 15 is 0 Å². The summed E-state index contributed by atoms with van der Waals surface area (Å²) in [4.78, 5) is 7.74. The minimum atomic E-state index is 0.664. The molecule has 0 radical (unpaired) electrons. The van der Waals surface area contributed by atoms with Crippen LogP contribution in [0.25, 0.3) is 0 Å². The molecule has 0 saturated carbocycles. The summed E-state index contributed by atoms with van der Waals surface area (Å²) >= 11 is 0. The molecule has 0 bridgehead atoms. The monoisotopic (exact) mass is 124 g/mol. The van der Waals surface area contributed by atoms with Crippen molar-refractivity contribution in [1.82, 2.24) is 9.97 Å². The molecule has 0 aliphatic carbocycles. The first-order valence-corrected chi connectivity index (χ1v) is 2.55. The Balaban J connectivity index is 2.85. The molecule has 0 saturated heterocycles. The van der Waals surface area contributed by atoms with Crippen molar-refractivity contribution in [1.29, 1.82) is 0 Å². The number of nitrogens with zero attached hydrogens (tertiary/aromatic N) is 3. The summed E-state index contributed by atoms with van der Waals surface area (Å²) in [6, 6.07) is 0. The molecule has 0 atom stereocenters. The second kappa shape index (κ2) is 2.41. The number of rotatable bonds is 1. The second-order valence-corrected chi connectivity index (χ2v) is 1.67. The molecule has 0 aliphatic rings. The Bertz CT molecular complexity index is 172. The van der Waals surface area contributed by atoms with Crippen molar-refractivity contribution in [3.8, 4) is 0 Å². The maximum absolute atomic E-state index is 5.34. The first-order valence-electron chi connectivity index (χ1n) is 2.55. The lowest BCUT2D eigenvalue weighted by molar-refractivity contribution is 0.962. The van der Waals surface area contributed by atoms with Crippen molar-refractivity contribution in [3.63, 3.8) is 0 Å². The van der Waals surface area contributed by atoms with E-state index in [-0.39, 0.29) is 0 Å². The van der Waals surface area contributed by atoms with Crippen LogP contribution in [0.2, 0.25) is 0 Å². The zero-order chi connectivity index (χ0) is 6.69. The Labute approximate surface area is 53.3 Å². The molecule has 0 fully saturated rings. The molecule has 1 aromatic heterocycles. The van der Waals surface area contributed by atoms with Gasteiger partial charge in [0.05, 0.1) is 6.20 Å². The summed E-state index contributed by atoms with van der Waals surface area (Å²) in [5.41, 5.74) is 0. The highest BCUT2D eigenvalue weighted by Crippen LogP contribution is 1.97. The summed E-state index contributed by atoms with van der Waals surface area (Å²) in [5.74, 6) is 6.01. The molecule has 1 aromatic rings. The minimum absolute atomic E-state index is 0.664. The number of aromatic nitrogens is 2. The van der Waals surface area contributed by atoms with Crippen molar-refractivity contribution < 1.29 is 0 Å². The van der Waals surface area contributed by atoms with Gasteiger partial charge < -0.3 is 0 Å². The summed E-state index contributed by atoms with van der Waals surface area (Å²) in [7, 11) is 1.71. The molecule has 0 unspecified atom stereocenters. The van der Waals surface area contributed by atoms with Crippen LogP contribution in [0.3, 0.4) is 0 Å². The first-order chi connectivity index (χ1) is 4.30. The number of hydrogen-bond acceptors (Lipinski definition) is 4. The third-order valence-electron chi connectivity index (χ3n) is 0.911. The summed E-state index contributed by atoms with van der Waals surface area (Å²) in [6.45, 7) is 0. The van der Waals surface area contributed by atoms with E-state index in [4.69, 9.17) is 5.84 Å². The maximum Gasteiger partial charge on any atom is 0.160 e. The highest BCUT2D eigenvalue weighted by atomic mass is 15.4. The molecule has 9 heavy (non-hydrogen) atoms. The Hall–Kier alpha value is -1.16. The van der Waals surface area contributed by atoms with E-state index in [1.165, 1.54) is 5.01 Å². The Morgan fingerprint density at radius 3 is 2.67 bits per heavy atom. The molecule has 0 amide bonds. The van der Waals surface area contributed by atoms with E-state index < -0.39 is 0 Å². The van der Waals surface area contributed by atoms with Crippen LogP contribution in [0.15, 0.2) is 18.6 Å². The summed E-state index contributed by atoms with van der Waals surface area (Å²) < 4.78 is 0. The lowest BCUT2D eigenvalue weighted by atomic mass is 10.6. The van der Waals surface area contributed by atoms with Crippen LogP contribution >= 0.6 is 0 Å². The highest BCUT2D eigenvalue weighted by molar-refractivity contribution is 5.30. The average Bonchev–Trinajstić information content (AvgIpc) is 1.90. The van der Waals surface area contributed by atoms with Gasteiger partial charge in [-0.25, -0.2) is 10.8 Å². The van der Waals surface area contributed by atoms with E-state index in [0.29, 0.717) is 5.82 Å². The average molecular weight is 124 g/mol. The fourth-order valence-electron chi connectivity index (χ4n) is 0.473. The van der Waals surface area contributed by atoms with E-state index in [0.717, 1.165) is 0 Å². The zero-order valence-corrected chi connectivity index (χ0v) is 5.15. The molecule has 0 spiro atoms. The van der Waals surface area contributed by atoms with Gasteiger partial charge in [0.15, 0.2) is 5.82 Å². The molecular weight excluding hydrogens is 116 g/mol. The van der Waals surface area contributed by atoms with Gasteiger partial charge in [0, 0.05) is 19.4 Å². The van der Waals surface area contributed by atoms with Crippen LogP contribution in [-0.2, 0) is 0 Å². The number of hydrogen-bond donors (Lipinski definition) is 1. The van der Waals surface area contributed by atoms with Crippen LogP contribution in [0.1, 0.15) is 0 Å². The van der Waals surface area contributed by atoms with E-state index in [2.05, 4.69) is 9.97 Å². The molecule has 1 heterocycles. The molecule has 4 heteroatoms. The predicted octanol–water partition coefficient (Wildman–Crippen LogP) is -0.214. The molecular formula is C5H8N4. The lowest BCUT2D eigenvalue weighted by Gasteiger charge is -2.07. The van der Waals surface area contributed by atoms with E-state index in [1.807, 2.05) is 0 Å². The highest BCUT2D eigenvalue weighted by Gasteiger charge is 1.91. The van der Waals surface area contributed by atoms with Crippen LogP contribution in [0.4, 0.5) is 5.82 Å². The molecule has 48 valence electrons. The van der Waals surface area contributed by atoms with Gasteiger partial charge >= 0.3 is 0 Å². The van der Waals surface area contributed by atoms with Crippen molar-refractivity contribution in [2.75, 3.05) is 12.1 Å². The normalized spacial score (nSPS) is 9.11. The maximum atomic E-state index is 5.34. The predicted molar refractivity (Wildman–Crippen MR) is 34.6 cm³/mol. The van der Waals surface area contributed by atoms with Gasteiger partial charge in [-0.15, -0.1) is 0 Å². The Kier molecular flexibility index (Phi) is 1.60. The quantitative estimate of drug-likeness (QED) is 0.415. The molecule has 0 aromatic carbocycles. The fraction of sp³-hybridized carbons (Fsp3) is 0.200. The van der Waals surface area contributed by atoms with Crippen molar-refractivity contribution in [3.05, 3.63) is 18.6 Å². The van der Waals surface area contributed by atoms with Crippen LogP contribution < -0.4 is 10.9 Å². The molecule has 1 rings (SSSR count). The summed E-state index contributed by atoms with van der Waals surface area (Å²) in [6.07, 6.45) is 4.80.